The number of carbonyl (C=O) groups is 2. The quantitative estimate of drug-likeness (QED) is 0.118. The molecule has 2 aromatic heterocycles. The predicted molar refractivity (Wildman–Crippen MR) is 304 cm³/mol. The molecule has 15 heteroatoms. The molecule has 77 heavy (non-hydrogen) atoms. The molecule has 4 aliphatic rings. The Kier molecular flexibility index (Phi) is 20.8. The normalized spacial score (nSPS) is 16.5. The number of aromatic nitrogens is 4. The van der Waals surface area contributed by atoms with Crippen LogP contribution in [0.5, 0.6) is 0 Å². The lowest BCUT2D eigenvalue weighted by Gasteiger charge is -2.38. The van der Waals surface area contributed by atoms with Crippen molar-refractivity contribution >= 4 is 35.0 Å². The highest BCUT2D eigenvalue weighted by atomic mass is 19.1. The third-order valence-electron chi connectivity index (χ3n) is 14.4. The van der Waals surface area contributed by atoms with E-state index in [1.165, 1.54) is 60.1 Å². The highest BCUT2D eigenvalue weighted by Gasteiger charge is 2.35. The van der Waals surface area contributed by atoms with Gasteiger partial charge < -0.3 is 29.1 Å². The molecular weight excluding hydrogens is 968 g/mol. The van der Waals surface area contributed by atoms with Gasteiger partial charge in [0.25, 0.3) is 0 Å². The molecule has 4 heterocycles. The van der Waals surface area contributed by atoms with E-state index in [2.05, 4.69) is 95.6 Å². The molecule has 2 aliphatic heterocycles. The molecule has 4 aromatic rings. The fraction of sp³-hybridized carbons (Fsp3) is 0.548. The van der Waals surface area contributed by atoms with Gasteiger partial charge in [-0.1, -0.05) is 51.8 Å². The molecule has 14 nitrogen and oxygen atoms in total. The van der Waals surface area contributed by atoms with Crippen LogP contribution in [-0.2, 0) is 22.3 Å². The van der Waals surface area contributed by atoms with Crippen molar-refractivity contribution in [2.75, 3.05) is 62.2 Å². The molecular formula is C62H83FN10O4. The van der Waals surface area contributed by atoms with Crippen LogP contribution in [0.1, 0.15) is 170 Å². The van der Waals surface area contributed by atoms with Crippen molar-refractivity contribution in [2.24, 2.45) is 11.8 Å². The molecule has 412 valence electrons. The number of hydrogen-bond donors (Lipinski definition) is 0. The lowest BCUT2D eigenvalue weighted by Crippen LogP contribution is -2.50. The zero-order chi connectivity index (χ0) is 56.0. The van der Waals surface area contributed by atoms with Crippen molar-refractivity contribution in [3.63, 3.8) is 0 Å². The first-order chi connectivity index (χ1) is 36.7. The summed E-state index contributed by atoms with van der Waals surface area (Å²) in [5.74, 6) is 3.07. The molecule has 1 atom stereocenters. The van der Waals surface area contributed by atoms with Gasteiger partial charge in [-0.05, 0) is 183 Å². The summed E-state index contributed by atoms with van der Waals surface area (Å²) in [5.41, 5.74) is 10.3. The monoisotopic (exact) mass is 1050 g/mol. The van der Waals surface area contributed by atoms with Gasteiger partial charge in [-0.25, -0.2) is 33.9 Å². The van der Waals surface area contributed by atoms with E-state index in [1.54, 1.807) is 23.6 Å². The van der Waals surface area contributed by atoms with Crippen LogP contribution >= 0.6 is 0 Å². The Morgan fingerprint density at radius 1 is 0.662 bits per heavy atom. The van der Waals surface area contributed by atoms with Crippen molar-refractivity contribution in [1.29, 1.82) is 10.5 Å². The summed E-state index contributed by atoms with van der Waals surface area (Å²) in [4.78, 5) is 51.8. The SMILES string of the molecule is C/C=C(\c1c(C)ncnc1N1CCN(C(=O)OC(C)(C)C)CC1)C1CC1.C/C=C(\c1c(C)ncnc1N1CCN(C(=O)OC(C)(C)CC(C)c2cc(C#N)cc(CCC)c2)CC1)C1CC1.CCCc1cc(F)cc(C#N)c1. The van der Waals surface area contributed by atoms with Crippen LogP contribution in [0.2, 0.25) is 0 Å². The van der Waals surface area contributed by atoms with Crippen molar-refractivity contribution in [3.05, 3.63) is 117 Å². The summed E-state index contributed by atoms with van der Waals surface area (Å²) >= 11 is 0. The lowest BCUT2D eigenvalue weighted by atomic mass is 9.87. The summed E-state index contributed by atoms with van der Waals surface area (Å²) in [6.07, 6.45) is 16.6. The minimum atomic E-state index is -0.636. The van der Waals surface area contributed by atoms with Crippen LogP contribution in [0.4, 0.5) is 25.6 Å². The fourth-order valence-corrected chi connectivity index (χ4v) is 10.4. The third-order valence-corrected chi connectivity index (χ3v) is 14.4. The average Bonchev–Trinajstić information content (AvgIpc) is 4.35. The number of nitriles is 2. The standard InChI is InChI=1S/C32H43N5O2.C20H30N4O2.C10H10FN/c1-7-9-24-16-25(20-33)18-27(17-24)22(3)19-32(5,6)39-31(38)37-14-12-36(13-15-37)30-29(23(4)34-21-35-30)28(8-2)26-10-11-26;1-6-16(15-7-8-15)17-14(2)21-13-22-18(17)23-9-11-24(12-10-23)19(25)26-20(3,4)5;1-2-3-8-4-9(7-12)6-10(11)5-8/h8,16-18,21-22,26H,7,9-15,19H2,1-6H3;6,13,15H,7-12H2,1-5H3;4-6H,2-3H2,1H3/b28-8-;16-6-;. The Morgan fingerprint density at radius 3 is 1.49 bits per heavy atom. The molecule has 2 saturated carbocycles. The summed E-state index contributed by atoms with van der Waals surface area (Å²) < 4.78 is 24.3. The van der Waals surface area contributed by atoms with Crippen molar-refractivity contribution < 1.29 is 23.5 Å². The van der Waals surface area contributed by atoms with E-state index < -0.39 is 11.2 Å². The van der Waals surface area contributed by atoms with Crippen molar-refractivity contribution in [2.45, 2.75) is 158 Å². The van der Waals surface area contributed by atoms with E-state index in [-0.39, 0.29) is 23.9 Å². The van der Waals surface area contributed by atoms with E-state index >= 15 is 0 Å². The van der Waals surface area contributed by atoms with Crippen LogP contribution in [0.25, 0.3) is 11.1 Å². The van der Waals surface area contributed by atoms with Gasteiger partial charge in [0.15, 0.2) is 0 Å². The molecule has 2 aromatic carbocycles. The zero-order valence-electron chi connectivity index (χ0n) is 48.0. The number of nitrogens with zero attached hydrogens (tertiary/aromatic N) is 10. The first kappa shape index (κ1) is 59.4. The van der Waals surface area contributed by atoms with E-state index in [0.29, 0.717) is 68.7 Å². The smallest absolute Gasteiger partial charge is 0.410 e. The van der Waals surface area contributed by atoms with Crippen LogP contribution in [-0.4, -0.2) is 105 Å². The number of hydrogen-bond acceptors (Lipinski definition) is 12. The maximum atomic E-state index is 13.2. The number of benzene rings is 2. The molecule has 0 spiro atoms. The number of allylic oxidation sites excluding steroid dienone is 4. The number of aryl methyl sites for hydroxylation is 4. The van der Waals surface area contributed by atoms with Gasteiger partial charge in [-0.2, -0.15) is 10.5 Å². The van der Waals surface area contributed by atoms with Gasteiger partial charge >= 0.3 is 12.2 Å². The van der Waals surface area contributed by atoms with Gasteiger partial charge in [0.2, 0.25) is 0 Å². The minimum absolute atomic E-state index is 0.153. The van der Waals surface area contributed by atoms with Crippen LogP contribution in [0.15, 0.2) is 61.2 Å². The fourth-order valence-electron chi connectivity index (χ4n) is 10.4. The highest BCUT2D eigenvalue weighted by molar-refractivity contribution is 5.80. The van der Waals surface area contributed by atoms with Crippen molar-refractivity contribution in [1.82, 2.24) is 29.7 Å². The first-order valence-corrected chi connectivity index (χ1v) is 27.9. The molecule has 8 rings (SSSR count). The summed E-state index contributed by atoms with van der Waals surface area (Å²) in [7, 11) is 0. The van der Waals surface area contributed by atoms with Gasteiger partial charge in [-0.3, -0.25) is 0 Å². The van der Waals surface area contributed by atoms with E-state index in [9.17, 15) is 19.2 Å². The van der Waals surface area contributed by atoms with Gasteiger partial charge in [0, 0.05) is 63.5 Å². The van der Waals surface area contributed by atoms with Crippen LogP contribution < -0.4 is 9.80 Å². The molecule has 0 N–H and O–H groups in total. The Hall–Kier alpha value is -6.87. The van der Waals surface area contributed by atoms with Crippen molar-refractivity contribution in [3.8, 4) is 12.1 Å². The predicted octanol–water partition coefficient (Wildman–Crippen LogP) is 13.0. The Balaban J connectivity index is 0.000000215. The number of anilines is 2. The topological polar surface area (TPSA) is 165 Å². The van der Waals surface area contributed by atoms with E-state index in [4.69, 9.17) is 14.7 Å². The molecule has 4 fully saturated rings. The summed E-state index contributed by atoms with van der Waals surface area (Å²) in [6.45, 7) is 29.7. The molecule has 0 bridgehead atoms. The third kappa shape index (κ3) is 16.8. The second kappa shape index (κ2) is 26.9. The lowest BCUT2D eigenvalue weighted by molar-refractivity contribution is 0.00439. The molecule has 1 unspecified atom stereocenters. The summed E-state index contributed by atoms with van der Waals surface area (Å²) in [6, 6.07) is 14.8. The first-order valence-electron chi connectivity index (χ1n) is 27.9. The summed E-state index contributed by atoms with van der Waals surface area (Å²) in [5, 5.41) is 18.0. The molecule has 2 amide bonds. The number of piperazine rings is 2. The minimum Gasteiger partial charge on any atom is -0.444 e. The molecule has 2 aliphatic carbocycles. The van der Waals surface area contributed by atoms with E-state index in [0.717, 1.165) is 78.5 Å². The zero-order valence-corrected chi connectivity index (χ0v) is 48.0. The number of carbonyl (C=O) groups excluding carboxylic acids is 2. The van der Waals surface area contributed by atoms with Gasteiger partial charge in [-0.15, -0.1) is 0 Å². The average molecular weight is 1050 g/mol. The Morgan fingerprint density at radius 2 is 1.09 bits per heavy atom. The largest absolute Gasteiger partial charge is 0.444 e. The number of ether oxygens (including phenoxy) is 2. The Labute approximate surface area is 458 Å². The second-order valence-electron chi connectivity index (χ2n) is 22.5. The van der Waals surface area contributed by atoms with Gasteiger partial charge in [0.05, 0.1) is 34.7 Å². The van der Waals surface area contributed by atoms with E-state index in [1.807, 2.05) is 64.6 Å². The number of rotatable bonds is 14. The Bertz CT molecular complexity index is 2820. The maximum Gasteiger partial charge on any atom is 0.410 e. The number of halogens is 1. The van der Waals surface area contributed by atoms with Crippen LogP contribution in [0, 0.1) is 54.2 Å². The van der Waals surface area contributed by atoms with Gasteiger partial charge in [0.1, 0.15) is 41.3 Å². The van der Waals surface area contributed by atoms with Crippen LogP contribution in [0.3, 0.4) is 0 Å². The number of amides is 2. The molecule has 2 saturated heterocycles. The maximum absolute atomic E-state index is 13.2. The second-order valence-corrected chi connectivity index (χ2v) is 22.5. The molecule has 0 radical (unpaired) electrons. The highest BCUT2D eigenvalue weighted by Crippen LogP contribution is 2.46.